The summed E-state index contributed by atoms with van der Waals surface area (Å²) in [5.74, 6) is 0.248. The van der Waals surface area contributed by atoms with Crippen molar-refractivity contribution < 1.29 is 22.0 Å². The molecule has 0 unspecified atom stereocenters. The predicted molar refractivity (Wildman–Crippen MR) is 34.7 cm³/mol. The van der Waals surface area contributed by atoms with E-state index in [2.05, 4.69) is 6.58 Å². The third kappa shape index (κ3) is 11.4. The Balaban J connectivity index is 0. The van der Waals surface area contributed by atoms with E-state index >= 15 is 0 Å². The first kappa shape index (κ1) is 11.6. The second-order valence-electron chi connectivity index (χ2n) is 3.01. The molecule has 0 saturated heterocycles. The average molecular weight is 152 g/mol. The molecule has 0 fully saturated rings. The number of rotatable bonds is 2. The van der Waals surface area contributed by atoms with Gasteiger partial charge in [0, 0.05) is 0 Å². The Morgan fingerprint density at radius 3 is 1.78 bits per heavy atom. The standard InChI is InChI=1S/C6H13NO.ClH/c1-6(8)5-7(2,3)4;/h1,5H2,2-4H3;1H. The molecule has 0 aliphatic heterocycles. The van der Waals surface area contributed by atoms with Gasteiger partial charge in [-0.15, -0.1) is 0 Å². The third-order valence-electron chi connectivity index (χ3n) is 0.657. The molecule has 0 spiro atoms. The van der Waals surface area contributed by atoms with Crippen molar-refractivity contribution in [3.05, 3.63) is 12.3 Å². The molecule has 3 heteroatoms. The zero-order chi connectivity index (χ0) is 6.78. The van der Waals surface area contributed by atoms with E-state index in [9.17, 15) is 0 Å². The Bertz CT molecular complexity index is 95.7. The highest BCUT2D eigenvalue weighted by atomic mass is 35.5. The maximum atomic E-state index is 8.68. The molecule has 1 N–H and O–H groups in total. The summed E-state index contributed by atoms with van der Waals surface area (Å²) in [6, 6.07) is 0. The van der Waals surface area contributed by atoms with E-state index in [1.54, 1.807) is 0 Å². The van der Waals surface area contributed by atoms with Gasteiger partial charge in [0.05, 0.1) is 21.1 Å². The molecule has 2 nitrogen and oxygen atoms in total. The van der Waals surface area contributed by atoms with Gasteiger partial charge in [-0.05, 0) is 0 Å². The van der Waals surface area contributed by atoms with Gasteiger partial charge in [0.25, 0.3) is 0 Å². The van der Waals surface area contributed by atoms with Crippen molar-refractivity contribution in [1.29, 1.82) is 0 Å². The zero-order valence-corrected chi connectivity index (χ0v) is 6.94. The molecular formula is C6H14ClNO. The van der Waals surface area contributed by atoms with E-state index in [1.165, 1.54) is 0 Å². The van der Waals surface area contributed by atoms with Crippen LogP contribution in [-0.2, 0) is 0 Å². The number of halogens is 1. The summed E-state index contributed by atoms with van der Waals surface area (Å²) in [4.78, 5) is 0. The van der Waals surface area contributed by atoms with Crippen LogP contribution in [0.1, 0.15) is 0 Å². The Morgan fingerprint density at radius 2 is 1.78 bits per heavy atom. The van der Waals surface area contributed by atoms with E-state index < -0.39 is 0 Å². The van der Waals surface area contributed by atoms with E-state index in [4.69, 9.17) is 5.11 Å². The number of likely N-dealkylation sites (N-methyl/N-ethyl adjacent to an activating group) is 1. The van der Waals surface area contributed by atoms with Gasteiger partial charge < -0.3 is 22.0 Å². The molecule has 0 aliphatic carbocycles. The average Bonchev–Trinajstić information content (AvgIpc) is 1.21. The Morgan fingerprint density at radius 1 is 1.44 bits per heavy atom. The van der Waals surface area contributed by atoms with Gasteiger partial charge >= 0.3 is 0 Å². The van der Waals surface area contributed by atoms with Gasteiger partial charge in [0.15, 0.2) is 0 Å². The van der Waals surface area contributed by atoms with E-state index in [0.29, 0.717) is 6.54 Å². The first-order chi connectivity index (χ1) is 3.42. The molecule has 0 bridgehead atoms. The van der Waals surface area contributed by atoms with Crippen LogP contribution in [0, 0.1) is 0 Å². The van der Waals surface area contributed by atoms with Gasteiger partial charge in [0.2, 0.25) is 0 Å². The minimum absolute atomic E-state index is 0. The molecule has 0 rings (SSSR count). The van der Waals surface area contributed by atoms with Crippen LogP contribution in [0.25, 0.3) is 0 Å². The quantitative estimate of drug-likeness (QED) is 0.350. The van der Waals surface area contributed by atoms with Crippen molar-refractivity contribution in [2.45, 2.75) is 0 Å². The number of nitrogens with zero attached hydrogens (tertiary/aromatic N) is 1. The monoisotopic (exact) mass is 151 g/mol. The van der Waals surface area contributed by atoms with Crippen LogP contribution in [0.15, 0.2) is 12.3 Å². The third-order valence-corrected chi connectivity index (χ3v) is 0.657. The lowest BCUT2D eigenvalue weighted by molar-refractivity contribution is -0.866. The molecule has 0 aromatic rings. The fraction of sp³-hybridized carbons (Fsp3) is 0.667. The van der Waals surface area contributed by atoms with Crippen LogP contribution in [0.2, 0.25) is 0 Å². The van der Waals surface area contributed by atoms with Crippen LogP contribution in [0.3, 0.4) is 0 Å². The lowest BCUT2D eigenvalue weighted by atomic mass is 10.5. The van der Waals surface area contributed by atoms with Crippen molar-refractivity contribution >= 4 is 0 Å². The summed E-state index contributed by atoms with van der Waals surface area (Å²) in [5.41, 5.74) is 0. The molecule has 0 radical (unpaired) electrons. The Labute approximate surface area is 62.8 Å². The van der Waals surface area contributed by atoms with E-state index in [1.807, 2.05) is 21.1 Å². The van der Waals surface area contributed by atoms with E-state index in [0.717, 1.165) is 4.48 Å². The molecule has 56 valence electrons. The zero-order valence-electron chi connectivity index (χ0n) is 6.19. The topological polar surface area (TPSA) is 20.2 Å². The highest BCUT2D eigenvalue weighted by Gasteiger charge is 2.06. The molecule has 0 heterocycles. The lowest BCUT2D eigenvalue weighted by Crippen LogP contribution is -3.00. The highest BCUT2D eigenvalue weighted by molar-refractivity contribution is 4.76. The van der Waals surface area contributed by atoms with Crippen LogP contribution >= 0.6 is 0 Å². The van der Waals surface area contributed by atoms with Crippen molar-refractivity contribution in [3.8, 4) is 0 Å². The number of hydrogen-bond acceptors (Lipinski definition) is 1. The number of quaternary nitrogens is 1. The van der Waals surface area contributed by atoms with Gasteiger partial charge in [0.1, 0.15) is 12.3 Å². The summed E-state index contributed by atoms with van der Waals surface area (Å²) in [7, 11) is 6.00. The molecule has 0 aromatic carbocycles. The Kier molecular flexibility index (Phi) is 4.82. The smallest absolute Gasteiger partial charge is 0.139 e. The van der Waals surface area contributed by atoms with Gasteiger partial charge in [-0.2, -0.15) is 0 Å². The molecular weight excluding hydrogens is 138 g/mol. The van der Waals surface area contributed by atoms with Crippen molar-refractivity contribution in [3.63, 3.8) is 0 Å². The number of hydrogen-bond donors (Lipinski definition) is 1. The maximum Gasteiger partial charge on any atom is 0.139 e. The minimum Gasteiger partial charge on any atom is -1.00 e. The van der Waals surface area contributed by atoms with Crippen LogP contribution < -0.4 is 12.4 Å². The lowest BCUT2D eigenvalue weighted by Gasteiger charge is -2.22. The molecule has 0 aliphatic rings. The molecule has 0 aromatic heterocycles. The minimum atomic E-state index is 0. The normalized spacial score (nSPS) is 10.1. The van der Waals surface area contributed by atoms with Crippen LogP contribution in [0.4, 0.5) is 0 Å². The Hall–Kier alpha value is -0.210. The summed E-state index contributed by atoms with van der Waals surface area (Å²) >= 11 is 0. The molecule has 0 saturated carbocycles. The van der Waals surface area contributed by atoms with Gasteiger partial charge in [-0.1, -0.05) is 6.58 Å². The van der Waals surface area contributed by atoms with E-state index in [-0.39, 0.29) is 18.2 Å². The highest BCUT2D eigenvalue weighted by Crippen LogP contribution is 1.93. The molecule has 9 heavy (non-hydrogen) atoms. The second-order valence-corrected chi connectivity index (χ2v) is 3.01. The first-order valence-corrected chi connectivity index (χ1v) is 2.59. The number of aliphatic hydroxyl groups is 1. The number of aliphatic hydroxyl groups excluding tert-OH is 1. The SMILES string of the molecule is C=C(O)C[N+](C)(C)C.[Cl-]. The van der Waals surface area contributed by atoms with Crippen molar-refractivity contribution in [1.82, 2.24) is 0 Å². The van der Waals surface area contributed by atoms with Crippen LogP contribution in [0.5, 0.6) is 0 Å². The molecule has 0 atom stereocenters. The van der Waals surface area contributed by atoms with Crippen molar-refractivity contribution in [2.75, 3.05) is 27.7 Å². The van der Waals surface area contributed by atoms with Gasteiger partial charge in [-0.25, -0.2) is 0 Å². The van der Waals surface area contributed by atoms with Crippen molar-refractivity contribution in [2.24, 2.45) is 0 Å². The van der Waals surface area contributed by atoms with Crippen LogP contribution in [-0.4, -0.2) is 37.3 Å². The first-order valence-electron chi connectivity index (χ1n) is 2.59. The predicted octanol–water partition coefficient (Wildman–Crippen LogP) is -2.23. The summed E-state index contributed by atoms with van der Waals surface area (Å²) in [6.07, 6.45) is 0. The summed E-state index contributed by atoms with van der Waals surface area (Å²) in [5, 5.41) is 8.68. The summed E-state index contributed by atoms with van der Waals surface area (Å²) < 4.78 is 0.731. The second kappa shape index (κ2) is 3.75. The maximum absolute atomic E-state index is 8.68. The molecule has 0 amide bonds. The van der Waals surface area contributed by atoms with Gasteiger partial charge in [-0.3, -0.25) is 0 Å². The summed E-state index contributed by atoms with van der Waals surface area (Å²) in [6.45, 7) is 4.01. The fourth-order valence-electron chi connectivity index (χ4n) is 0.548. The fourth-order valence-corrected chi connectivity index (χ4v) is 0.548. The largest absolute Gasteiger partial charge is 1.00 e.